The Morgan fingerprint density at radius 3 is 2.43 bits per heavy atom. The molecular weight excluding hydrogens is 379 g/mol. The normalized spacial score (nSPS) is 15.4. The number of anilines is 1. The summed E-state index contributed by atoms with van der Waals surface area (Å²) in [6.45, 7) is 7.96. The minimum Gasteiger partial charge on any atom is -0.423 e. The standard InChI is InChI=1S/C22H22ClFN2O2/c1-14-11-19-21(15(2)22(14)23)16(12-20(27)28-19)13-25-7-9-26(10-8-25)18-5-3-17(24)4-6-18/h3-6,11-12H,7-10,13H2,1-2H3. The van der Waals surface area contributed by atoms with Crippen LogP contribution < -0.4 is 10.5 Å². The molecule has 2 aromatic carbocycles. The van der Waals surface area contributed by atoms with Crippen LogP contribution in [-0.4, -0.2) is 31.1 Å². The van der Waals surface area contributed by atoms with Gasteiger partial charge in [0.05, 0.1) is 0 Å². The fourth-order valence-corrected chi connectivity index (χ4v) is 4.09. The molecule has 4 nitrogen and oxygen atoms in total. The Morgan fingerprint density at radius 1 is 1.07 bits per heavy atom. The molecule has 4 rings (SSSR count). The first-order valence-corrected chi connectivity index (χ1v) is 9.75. The number of hydrogen-bond acceptors (Lipinski definition) is 4. The molecule has 0 atom stereocenters. The fraction of sp³-hybridized carbons (Fsp3) is 0.318. The summed E-state index contributed by atoms with van der Waals surface area (Å²) in [6, 6.07) is 10.0. The van der Waals surface area contributed by atoms with Gasteiger partial charge in [0.2, 0.25) is 0 Å². The van der Waals surface area contributed by atoms with Crippen LogP contribution in [0.15, 0.2) is 45.6 Å². The van der Waals surface area contributed by atoms with Crippen molar-refractivity contribution in [1.29, 1.82) is 0 Å². The topological polar surface area (TPSA) is 36.7 Å². The second kappa shape index (κ2) is 7.57. The van der Waals surface area contributed by atoms with E-state index in [0.717, 1.165) is 53.9 Å². The van der Waals surface area contributed by atoms with Gasteiger partial charge in [0.15, 0.2) is 0 Å². The third-order valence-corrected chi connectivity index (χ3v) is 6.01. The van der Waals surface area contributed by atoms with E-state index in [4.69, 9.17) is 16.0 Å². The molecule has 1 aromatic heterocycles. The smallest absolute Gasteiger partial charge is 0.336 e. The molecule has 0 aliphatic carbocycles. The molecule has 0 radical (unpaired) electrons. The molecule has 0 saturated carbocycles. The zero-order valence-corrected chi connectivity index (χ0v) is 16.7. The Bertz CT molecular complexity index is 1070. The largest absolute Gasteiger partial charge is 0.423 e. The highest BCUT2D eigenvalue weighted by Gasteiger charge is 2.20. The van der Waals surface area contributed by atoms with Gasteiger partial charge in [-0.15, -0.1) is 0 Å². The first-order chi connectivity index (χ1) is 13.4. The molecule has 146 valence electrons. The van der Waals surface area contributed by atoms with Crippen LogP contribution in [-0.2, 0) is 6.54 Å². The zero-order chi connectivity index (χ0) is 19.8. The highest BCUT2D eigenvalue weighted by atomic mass is 35.5. The van der Waals surface area contributed by atoms with Crippen LogP contribution in [0.25, 0.3) is 11.0 Å². The summed E-state index contributed by atoms with van der Waals surface area (Å²) in [6.07, 6.45) is 0. The average Bonchev–Trinajstić information content (AvgIpc) is 2.67. The highest BCUT2D eigenvalue weighted by Crippen LogP contribution is 2.31. The van der Waals surface area contributed by atoms with E-state index in [-0.39, 0.29) is 11.4 Å². The number of piperazine rings is 1. The molecular formula is C22H22ClFN2O2. The third-order valence-electron chi connectivity index (χ3n) is 5.43. The van der Waals surface area contributed by atoms with E-state index in [2.05, 4.69) is 9.80 Å². The lowest BCUT2D eigenvalue weighted by Gasteiger charge is -2.36. The van der Waals surface area contributed by atoms with Crippen LogP contribution >= 0.6 is 11.6 Å². The summed E-state index contributed by atoms with van der Waals surface area (Å²) < 4.78 is 18.6. The SMILES string of the molecule is Cc1cc2oc(=O)cc(CN3CCN(c4ccc(F)cc4)CC3)c2c(C)c1Cl. The zero-order valence-electron chi connectivity index (χ0n) is 16.0. The van der Waals surface area contributed by atoms with Gasteiger partial charge < -0.3 is 9.32 Å². The van der Waals surface area contributed by atoms with Crippen molar-refractivity contribution in [2.75, 3.05) is 31.1 Å². The Labute approximate surface area is 168 Å². The minimum absolute atomic E-state index is 0.221. The molecule has 3 aromatic rings. The number of benzene rings is 2. The van der Waals surface area contributed by atoms with E-state index in [1.165, 1.54) is 12.1 Å². The predicted octanol–water partition coefficient (Wildman–Crippen LogP) is 4.52. The lowest BCUT2D eigenvalue weighted by atomic mass is 10.0. The monoisotopic (exact) mass is 400 g/mol. The van der Waals surface area contributed by atoms with Gasteiger partial charge in [-0.1, -0.05) is 11.6 Å². The van der Waals surface area contributed by atoms with Crippen LogP contribution in [0.5, 0.6) is 0 Å². The summed E-state index contributed by atoms with van der Waals surface area (Å²) in [5, 5.41) is 1.64. The van der Waals surface area contributed by atoms with E-state index in [9.17, 15) is 9.18 Å². The van der Waals surface area contributed by atoms with E-state index in [1.807, 2.05) is 32.0 Å². The van der Waals surface area contributed by atoms with Crippen LogP contribution in [0, 0.1) is 19.7 Å². The number of rotatable bonds is 3. The van der Waals surface area contributed by atoms with Gasteiger partial charge in [-0.25, -0.2) is 9.18 Å². The second-order valence-electron chi connectivity index (χ2n) is 7.34. The molecule has 0 N–H and O–H groups in total. The summed E-state index contributed by atoms with van der Waals surface area (Å²) in [4.78, 5) is 16.6. The van der Waals surface area contributed by atoms with Crippen LogP contribution in [0.3, 0.4) is 0 Å². The van der Waals surface area contributed by atoms with Gasteiger partial charge >= 0.3 is 5.63 Å². The fourth-order valence-electron chi connectivity index (χ4n) is 3.94. The van der Waals surface area contributed by atoms with Gasteiger partial charge in [0.25, 0.3) is 0 Å². The molecule has 1 aliphatic rings. The van der Waals surface area contributed by atoms with E-state index >= 15 is 0 Å². The summed E-state index contributed by atoms with van der Waals surface area (Å²) in [5.41, 5.74) is 4.08. The van der Waals surface area contributed by atoms with Crippen molar-refractivity contribution in [3.63, 3.8) is 0 Å². The van der Waals surface area contributed by atoms with E-state index in [1.54, 1.807) is 6.07 Å². The number of nitrogens with zero attached hydrogens (tertiary/aromatic N) is 2. The van der Waals surface area contributed by atoms with Gasteiger partial charge in [0.1, 0.15) is 11.4 Å². The maximum Gasteiger partial charge on any atom is 0.336 e. The summed E-state index contributed by atoms with van der Waals surface area (Å²) in [7, 11) is 0. The van der Waals surface area contributed by atoms with Crippen LogP contribution in [0.4, 0.5) is 10.1 Å². The van der Waals surface area contributed by atoms with Gasteiger partial charge in [-0.05, 0) is 60.9 Å². The molecule has 0 unspecified atom stereocenters. The maximum atomic E-state index is 13.1. The number of aryl methyl sites for hydroxylation is 2. The van der Waals surface area contributed by atoms with Crippen molar-refractivity contribution in [1.82, 2.24) is 4.90 Å². The summed E-state index contributed by atoms with van der Waals surface area (Å²) >= 11 is 6.44. The molecule has 0 bridgehead atoms. The van der Waals surface area contributed by atoms with Crippen molar-refractivity contribution >= 4 is 28.3 Å². The Morgan fingerprint density at radius 2 is 1.75 bits per heavy atom. The molecule has 1 aliphatic heterocycles. The molecule has 28 heavy (non-hydrogen) atoms. The van der Waals surface area contributed by atoms with E-state index in [0.29, 0.717) is 17.2 Å². The molecule has 6 heteroatoms. The number of halogens is 2. The predicted molar refractivity (Wildman–Crippen MR) is 111 cm³/mol. The van der Waals surface area contributed by atoms with Crippen molar-refractivity contribution in [3.8, 4) is 0 Å². The lowest BCUT2D eigenvalue weighted by Crippen LogP contribution is -2.46. The summed E-state index contributed by atoms with van der Waals surface area (Å²) in [5.74, 6) is -0.221. The number of hydrogen-bond donors (Lipinski definition) is 0. The molecule has 1 saturated heterocycles. The average molecular weight is 401 g/mol. The minimum atomic E-state index is -0.339. The van der Waals surface area contributed by atoms with Gasteiger partial charge in [-0.2, -0.15) is 0 Å². The van der Waals surface area contributed by atoms with Crippen LogP contribution in [0.1, 0.15) is 16.7 Å². The van der Waals surface area contributed by atoms with Crippen molar-refractivity contribution in [2.24, 2.45) is 0 Å². The Balaban J connectivity index is 1.55. The van der Waals surface area contributed by atoms with Crippen molar-refractivity contribution in [2.45, 2.75) is 20.4 Å². The van der Waals surface area contributed by atoms with Crippen LogP contribution in [0.2, 0.25) is 5.02 Å². The van der Waals surface area contributed by atoms with Crippen molar-refractivity contribution < 1.29 is 8.81 Å². The second-order valence-corrected chi connectivity index (χ2v) is 7.71. The molecule has 1 fully saturated rings. The lowest BCUT2D eigenvalue weighted by molar-refractivity contribution is 0.250. The first kappa shape index (κ1) is 19.0. The highest BCUT2D eigenvalue weighted by molar-refractivity contribution is 6.33. The van der Waals surface area contributed by atoms with E-state index < -0.39 is 0 Å². The van der Waals surface area contributed by atoms with Crippen molar-refractivity contribution in [3.05, 3.63) is 74.3 Å². The Hall–Kier alpha value is -2.37. The van der Waals surface area contributed by atoms with Gasteiger partial charge in [0, 0.05) is 54.9 Å². The maximum absolute atomic E-state index is 13.1. The molecule has 0 spiro atoms. The first-order valence-electron chi connectivity index (χ1n) is 9.37. The quantitative estimate of drug-likeness (QED) is 0.605. The number of fused-ring (bicyclic) bond motifs is 1. The molecule has 2 heterocycles. The van der Waals surface area contributed by atoms with Gasteiger partial charge in [-0.3, -0.25) is 4.90 Å². The molecule has 0 amide bonds. The Kier molecular flexibility index (Phi) is 5.13. The third kappa shape index (κ3) is 3.64.